The van der Waals surface area contributed by atoms with Gasteiger partial charge in [-0.15, -0.1) is 0 Å². The summed E-state index contributed by atoms with van der Waals surface area (Å²) in [6.45, 7) is 0.197. The number of benzene rings is 1. The van der Waals surface area contributed by atoms with Gasteiger partial charge >= 0.3 is 6.18 Å². The molecule has 2 aromatic rings. The van der Waals surface area contributed by atoms with E-state index >= 15 is 0 Å². The number of halogens is 3. The number of alkyl halides is 3. The number of nitrogens with zero attached hydrogens (tertiary/aromatic N) is 2. The highest BCUT2D eigenvalue weighted by Crippen LogP contribution is 2.40. The van der Waals surface area contributed by atoms with Gasteiger partial charge in [-0.05, 0) is 30.5 Å². The quantitative estimate of drug-likeness (QED) is 0.858. The SMILES string of the molecule is CN(Cc1ccc(C(F)(F)F)cc1)C(=O)c1cc(C2CC2)on1. The smallest absolute Gasteiger partial charge is 0.360 e. The zero-order valence-corrected chi connectivity index (χ0v) is 12.4. The van der Waals surface area contributed by atoms with Gasteiger partial charge < -0.3 is 9.42 Å². The molecule has 1 fully saturated rings. The normalized spacial score (nSPS) is 14.8. The van der Waals surface area contributed by atoms with Gasteiger partial charge in [-0.3, -0.25) is 4.79 Å². The lowest BCUT2D eigenvalue weighted by molar-refractivity contribution is -0.137. The summed E-state index contributed by atoms with van der Waals surface area (Å²) >= 11 is 0. The predicted octanol–water partition coefficient (Wildman–Crippen LogP) is 3.84. The van der Waals surface area contributed by atoms with Crippen LogP contribution in [0.5, 0.6) is 0 Å². The first kappa shape index (κ1) is 15.6. The Hall–Kier alpha value is -2.31. The molecule has 7 heteroatoms. The van der Waals surface area contributed by atoms with Gasteiger partial charge in [0.05, 0.1) is 5.56 Å². The Labute approximate surface area is 130 Å². The molecule has 122 valence electrons. The molecular formula is C16H15F3N2O2. The van der Waals surface area contributed by atoms with Gasteiger partial charge in [0.1, 0.15) is 5.76 Å². The first-order chi connectivity index (χ1) is 10.8. The van der Waals surface area contributed by atoms with Crippen LogP contribution in [0.2, 0.25) is 0 Å². The highest BCUT2D eigenvalue weighted by Gasteiger charge is 2.31. The molecule has 0 saturated heterocycles. The maximum atomic E-state index is 12.5. The third-order valence-electron chi connectivity index (χ3n) is 3.77. The first-order valence-corrected chi connectivity index (χ1v) is 7.23. The highest BCUT2D eigenvalue weighted by atomic mass is 19.4. The van der Waals surface area contributed by atoms with Gasteiger partial charge in [0.2, 0.25) is 0 Å². The second-order valence-corrected chi connectivity index (χ2v) is 5.74. The molecule has 0 unspecified atom stereocenters. The number of amides is 1. The summed E-state index contributed by atoms with van der Waals surface area (Å²) < 4.78 is 42.7. The highest BCUT2D eigenvalue weighted by molar-refractivity contribution is 5.92. The van der Waals surface area contributed by atoms with Crippen molar-refractivity contribution >= 4 is 5.91 Å². The molecule has 0 bridgehead atoms. The predicted molar refractivity (Wildman–Crippen MR) is 75.7 cm³/mol. The lowest BCUT2D eigenvalue weighted by Gasteiger charge is -2.16. The van der Waals surface area contributed by atoms with Crippen molar-refractivity contribution in [3.05, 3.63) is 52.9 Å². The Morgan fingerprint density at radius 2 is 1.96 bits per heavy atom. The summed E-state index contributed by atoms with van der Waals surface area (Å²) in [5.74, 6) is 0.765. The number of rotatable bonds is 4. The van der Waals surface area contributed by atoms with Gasteiger partial charge in [-0.2, -0.15) is 13.2 Å². The first-order valence-electron chi connectivity index (χ1n) is 7.23. The molecule has 1 heterocycles. The average molecular weight is 324 g/mol. The van der Waals surface area contributed by atoms with E-state index in [2.05, 4.69) is 5.16 Å². The van der Waals surface area contributed by atoms with Crippen molar-refractivity contribution in [2.45, 2.75) is 31.5 Å². The molecule has 1 aromatic heterocycles. The van der Waals surface area contributed by atoms with Crippen molar-refractivity contribution in [1.82, 2.24) is 10.1 Å². The molecule has 23 heavy (non-hydrogen) atoms. The summed E-state index contributed by atoms with van der Waals surface area (Å²) in [7, 11) is 1.57. The zero-order valence-electron chi connectivity index (χ0n) is 12.4. The van der Waals surface area contributed by atoms with E-state index in [0.717, 1.165) is 30.7 Å². The summed E-state index contributed by atoms with van der Waals surface area (Å²) in [5.41, 5.74) is 0.127. The third-order valence-corrected chi connectivity index (χ3v) is 3.77. The fraction of sp³-hybridized carbons (Fsp3) is 0.375. The van der Waals surface area contributed by atoms with Crippen LogP contribution in [0.4, 0.5) is 13.2 Å². The Balaban J connectivity index is 1.65. The van der Waals surface area contributed by atoms with E-state index in [-0.39, 0.29) is 18.1 Å². The Bertz CT molecular complexity index is 703. The van der Waals surface area contributed by atoms with Crippen LogP contribution in [0, 0.1) is 0 Å². The summed E-state index contributed by atoms with van der Waals surface area (Å²) in [6.07, 6.45) is -2.27. The lowest BCUT2D eigenvalue weighted by atomic mass is 10.1. The topological polar surface area (TPSA) is 46.3 Å². The number of carbonyl (C=O) groups is 1. The van der Waals surface area contributed by atoms with E-state index in [1.54, 1.807) is 13.1 Å². The molecule has 1 aliphatic carbocycles. The molecule has 0 radical (unpaired) electrons. The van der Waals surface area contributed by atoms with Gasteiger partial charge in [-0.1, -0.05) is 17.3 Å². The maximum Gasteiger partial charge on any atom is 0.416 e. The minimum atomic E-state index is -4.36. The van der Waals surface area contributed by atoms with E-state index in [0.29, 0.717) is 11.5 Å². The van der Waals surface area contributed by atoms with Gasteiger partial charge in [-0.25, -0.2) is 0 Å². The Morgan fingerprint density at radius 3 is 2.52 bits per heavy atom. The van der Waals surface area contributed by atoms with Crippen LogP contribution in [-0.4, -0.2) is 23.0 Å². The van der Waals surface area contributed by atoms with Crippen LogP contribution in [0.1, 0.15) is 46.1 Å². The van der Waals surface area contributed by atoms with Crippen LogP contribution in [0.3, 0.4) is 0 Å². The molecular weight excluding hydrogens is 309 g/mol. The van der Waals surface area contributed by atoms with Crippen LogP contribution in [-0.2, 0) is 12.7 Å². The third kappa shape index (κ3) is 3.55. The number of hydrogen-bond acceptors (Lipinski definition) is 3. The molecule has 0 N–H and O–H groups in total. The van der Waals surface area contributed by atoms with E-state index in [1.807, 2.05) is 0 Å². The molecule has 0 spiro atoms. The zero-order chi connectivity index (χ0) is 16.6. The van der Waals surface area contributed by atoms with Crippen molar-refractivity contribution in [3.8, 4) is 0 Å². The van der Waals surface area contributed by atoms with Crippen LogP contribution < -0.4 is 0 Å². The van der Waals surface area contributed by atoms with Crippen molar-refractivity contribution in [2.75, 3.05) is 7.05 Å². The molecule has 1 aromatic carbocycles. The number of hydrogen-bond donors (Lipinski definition) is 0. The van der Waals surface area contributed by atoms with Crippen LogP contribution >= 0.6 is 0 Å². The summed E-state index contributed by atoms with van der Waals surface area (Å²) in [6, 6.07) is 6.39. The van der Waals surface area contributed by atoms with Gasteiger partial charge in [0.15, 0.2) is 5.69 Å². The van der Waals surface area contributed by atoms with Crippen molar-refractivity contribution in [3.63, 3.8) is 0 Å². The standard InChI is InChI=1S/C16H15F3N2O2/c1-21(9-10-2-6-12(7-3-10)16(17,18)19)15(22)13-8-14(23-20-13)11-4-5-11/h2-3,6-8,11H,4-5,9H2,1H3. The molecule has 0 aliphatic heterocycles. The van der Waals surface area contributed by atoms with Crippen LogP contribution in [0.25, 0.3) is 0 Å². The van der Waals surface area contributed by atoms with E-state index in [4.69, 9.17) is 4.52 Å². The lowest BCUT2D eigenvalue weighted by Crippen LogP contribution is -2.26. The van der Waals surface area contributed by atoms with E-state index < -0.39 is 11.7 Å². The second kappa shape index (κ2) is 5.72. The molecule has 1 aliphatic rings. The van der Waals surface area contributed by atoms with Crippen molar-refractivity contribution in [1.29, 1.82) is 0 Å². The summed E-state index contributed by atoms with van der Waals surface area (Å²) in [5, 5.41) is 3.77. The van der Waals surface area contributed by atoms with Gasteiger partial charge in [0, 0.05) is 25.6 Å². The largest absolute Gasteiger partial charge is 0.416 e. The van der Waals surface area contributed by atoms with Crippen molar-refractivity contribution in [2.24, 2.45) is 0 Å². The van der Waals surface area contributed by atoms with Crippen LogP contribution in [0.15, 0.2) is 34.9 Å². The molecule has 0 atom stereocenters. The Kier molecular flexibility index (Phi) is 3.87. The minimum absolute atomic E-state index is 0.197. The fourth-order valence-corrected chi connectivity index (χ4v) is 2.29. The Morgan fingerprint density at radius 1 is 1.30 bits per heavy atom. The van der Waals surface area contributed by atoms with E-state index in [1.165, 1.54) is 17.0 Å². The van der Waals surface area contributed by atoms with Gasteiger partial charge in [0.25, 0.3) is 5.91 Å². The minimum Gasteiger partial charge on any atom is -0.360 e. The summed E-state index contributed by atoms with van der Waals surface area (Å²) in [4.78, 5) is 13.7. The molecule has 1 amide bonds. The average Bonchev–Trinajstić information content (AvgIpc) is 3.23. The van der Waals surface area contributed by atoms with Crippen molar-refractivity contribution < 1.29 is 22.5 Å². The monoisotopic (exact) mass is 324 g/mol. The number of aromatic nitrogens is 1. The molecule has 3 rings (SSSR count). The fourth-order valence-electron chi connectivity index (χ4n) is 2.29. The molecule has 4 nitrogen and oxygen atoms in total. The molecule has 1 saturated carbocycles. The maximum absolute atomic E-state index is 12.5. The van der Waals surface area contributed by atoms with E-state index in [9.17, 15) is 18.0 Å². The number of carbonyl (C=O) groups excluding carboxylic acids is 1. The second-order valence-electron chi connectivity index (χ2n) is 5.74.